The molecule has 0 aliphatic heterocycles. The van der Waals surface area contributed by atoms with E-state index >= 15 is 0 Å². The zero-order chi connectivity index (χ0) is 22.4. The Kier molecular flexibility index (Phi) is 6.66. The zero-order valence-corrected chi connectivity index (χ0v) is 15.7. The molecule has 0 aromatic heterocycles. The average molecular weight is 429 g/mol. The number of allylic oxidation sites excluding steroid dienone is 1. The first kappa shape index (κ1) is 21.6. The second-order valence-electron chi connectivity index (χ2n) is 6.14. The Labute approximate surface area is 174 Å². The van der Waals surface area contributed by atoms with Crippen LogP contribution in [-0.4, -0.2) is 17.3 Å². The summed E-state index contributed by atoms with van der Waals surface area (Å²) < 4.78 is 47.0. The predicted molar refractivity (Wildman–Crippen MR) is 106 cm³/mol. The maximum Gasteiger partial charge on any atom is 0.387 e. The van der Waals surface area contributed by atoms with E-state index < -0.39 is 23.1 Å². The normalized spacial score (nSPS) is 11.0. The van der Waals surface area contributed by atoms with Crippen molar-refractivity contribution in [2.75, 3.05) is 0 Å². The number of nitrogens with zero attached hydrogens (tertiary/aromatic N) is 1. The minimum Gasteiger partial charge on any atom is -0.450 e. The molecule has 31 heavy (non-hydrogen) atoms. The maximum atomic E-state index is 13.0. The average Bonchev–Trinajstić information content (AvgIpc) is 2.74. The van der Waals surface area contributed by atoms with Crippen LogP contribution in [0.15, 0.2) is 72.8 Å². The van der Waals surface area contributed by atoms with E-state index in [0.717, 1.165) is 12.1 Å². The molecule has 0 aliphatic carbocycles. The van der Waals surface area contributed by atoms with Crippen molar-refractivity contribution in [1.82, 2.24) is 0 Å². The summed E-state index contributed by atoms with van der Waals surface area (Å²) in [5.74, 6) is -0.805. The second kappa shape index (κ2) is 9.57. The Hall–Kier alpha value is -4.14. The van der Waals surface area contributed by atoms with Crippen LogP contribution < -0.4 is 9.47 Å². The van der Waals surface area contributed by atoms with Gasteiger partial charge in [0.1, 0.15) is 17.3 Å². The van der Waals surface area contributed by atoms with Crippen molar-refractivity contribution in [3.63, 3.8) is 0 Å². The van der Waals surface area contributed by atoms with E-state index in [1.807, 2.05) is 0 Å². The number of nitro benzene ring substituents is 1. The summed E-state index contributed by atoms with van der Waals surface area (Å²) in [6.07, 6.45) is 2.57. The van der Waals surface area contributed by atoms with Gasteiger partial charge in [0.15, 0.2) is 5.78 Å². The summed E-state index contributed by atoms with van der Waals surface area (Å²) in [6, 6.07) is 14.2. The Balaban J connectivity index is 1.75. The van der Waals surface area contributed by atoms with Gasteiger partial charge in [0.25, 0.3) is 0 Å². The van der Waals surface area contributed by atoms with E-state index in [4.69, 9.17) is 4.74 Å². The number of hydrogen-bond donors (Lipinski definition) is 0. The Morgan fingerprint density at radius 3 is 2.23 bits per heavy atom. The molecule has 0 atom stereocenters. The van der Waals surface area contributed by atoms with E-state index in [1.54, 1.807) is 0 Å². The van der Waals surface area contributed by atoms with Gasteiger partial charge in [-0.2, -0.15) is 8.78 Å². The van der Waals surface area contributed by atoms with E-state index in [1.165, 1.54) is 66.7 Å². The van der Waals surface area contributed by atoms with Gasteiger partial charge in [-0.1, -0.05) is 12.1 Å². The topological polar surface area (TPSA) is 78.7 Å². The van der Waals surface area contributed by atoms with Crippen molar-refractivity contribution in [3.05, 3.63) is 99.9 Å². The summed E-state index contributed by atoms with van der Waals surface area (Å²) in [6.45, 7) is -2.97. The fourth-order valence-corrected chi connectivity index (χ4v) is 2.57. The van der Waals surface area contributed by atoms with Crippen molar-refractivity contribution in [2.45, 2.75) is 6.61 Å². The number of nitro groups is 1. The molecule has 0 fully saturated rings. The van der Waals surface area contributed by atoms with Crippen LogP contribution in [0.5, 0.6) is 17.2 Å². The summed E-state index contributed by atoms with van der Waals surface area (Å²) in [4.78, 5) is 23.0. The quantitative estimate of drug-likeness (QED) is 0.189. The number of ether oxygens (including phenoxy) is 2. The Bertz CT molecular complexity index is 1110. The third-order valence-corrected chi connectivity index (χ3v) is 4.01. The molecule has 0 aliphatic rings. The van der Waals surface area contributed by atoms with Gasteiger partial charge in [0.2, 0.25) is 5.75 Å². The highest BCUT2D eigenvalue weighted by atomic mass is 19.3. The van der Waals surface area contributed by atoms with Crippen molar-refractivity contribution < 1.29 is 32.4 Å². The number of hydrogen-bond acceptors (Lipinski definition) is 5. The van der Waals surface area contributed by atoms with Crippen LogP contribution in [0.3, 0.4) is 0 Å². The number of rotatable bonds is 8. The molecule has 0 spiro atoms. The van der Waals surface area contributed by atoms with Crippen LogP contribution in [-0.2, 0) is 0 Å². The van der Waals surface area contributed by atoms with Crippen LogP contribution in [0.1, 0.15) is 15.9 Å². The lowest BCUT2D eigenvalue weighted by Crippen LogP contribution is -2.02. The highest BCUT2D eigenvalue weighted by Crippen LogP contribution is 2.32. The second-order valence-corrected chi connectivity index (χ2v) is 6.14. The summed E-state index contributed by atoms with van der Waals surface area (Å²) >= 11 is 0. The first-order chi connectivity index (χ1) is 14.8. The van der Waals surface area contributed by atoms with Gasteiger partial charge in [-0.15, -0.1) is 0 Å². The Morgan fingerprint density at radius 1 is 0.968 bits per heavy atom. The third kappa shape index (κ3) is 5.92. The van der Waals surface area contributed by atoms with Crippen LogP contribution >= 0.6 is 0 Å². The number of benzene rings is 3. The molecule has 0 saturated heterocycles. The van der Waals surface area contributed by atoms with Gasteiger partial charge < -0.3 is 9.47 Å². The minimum atomic E-state index is -2.97. The molecule has 6 nitrogen and oxygen atoms in total. The molecule has 9 heteroatoms. The summed E-state index contributed by atoms with van der Waals surface area (Å²) in [7, 11) is 0. The fourth-order valence-electron chi connectivity index (χ4n) is 2.57. The zero-order valence-electron chi connectivity index (χ0n) is 15.7. The summed E-state index contributed by atoms with van der Waals surface area (Å²) in [5, 5.41) is 11.4. The number of alkyl halides is 2. The molecule has 3 rings (SSSR count). The molecule has 0 heterocycles. The molecule has 3 aromatic carbocycles. The fraction of sp³-hybridized carbons (Fsp3) is 0.0455. The molecule has 3 aromatic rings. The SMILES string of the molecule is O=C(C=Cc1ccc(Oc2ccc(F)cc2)c([N+](=O)[O-])c1)c1ccc(OC(F)F)cc1. The van der Waals surface area contributed by atoms with Crippen LogP contribution in [0, 0.1) is 15.9 Å². The number of carbonyl (C=O) groups excluding carboxylic acids is 1. The predicted octanol–water partition coefficient (Wildman–Crippen LogP) is 6.02. The van der Waals surface area contributed by atoms with Crippen molar-refractivity contribution in [1.29, 1.82) is 0 Å². The van der Waals surface area contributed by atoms with E-state index in [9.17, 15) is 28.1 Å². The van der Waals surface area contributed by atoms with Crippen molar-refractivity contribution in [2.24, 2.45) is 0 Å². The Morgan fingerprint density at radius 2 is 1.61 bits per heavy atom. The van der Waals surface area contributed by atoms with Crippen molar-refractivity contribution in [3.8, 4) is 17.2 Å². The lowest BCUT2D eigenvalue weighted by molar-refractivity contribution is -0.385. The van der Waals surface area contributed by atoms with Gasteiger partial charge in [-0.25, -0.2) is 4.39 Å². The van der Waals surface area contributed by atoms with E-state index in [2.05, 4.69) is 4.74 Å². The first-order valence-corrected chi connectivity index (χ1v) is 8.81. The molecular formula is C22H14F3NO5. The molecular weight excluding hydrogens is 415 g/mol. The number of carbonyl (C=O) groups is 1. The number of halogens is 3. The molecule has 0 radical (unpaired) electrons. The van der Waals surface area contributed by atoms with E-state index in [-0.39, 0.29) is 28.5 Å². The lowest BCUT2D eigenvalue weighted by atomic mass is 10.1. The molecule has 0 saturated carbocycles. The first-order valence-electron chi connectivity index (χ1n) is 8.81. The van der Waals surface area contributed by atoms with Gasteiger partial charge in [-0.05, 0) is 66.2 Å². The number of ketones is 1. The molecule has 0 unspecified atom stereocenters. The molecule has 158 valence electrons. The molecule has 0 bridgehead atoms. The lowest BCUT2D eigenvalue weighted by Gasteiger charge is -2.07. The monoisotopic (exact) mass is 429 g/mol. The highest BCUT2D eigenvalue weighted by molar-refractivity contribution is 6.06. The summed E-state index contributed by atoms with van der Waals surface area (Å²) in [5.41, 5.74) is 0.250. The molecule has 0 amide bonds. The van der Waals surface area contributed by atoms with Crippen LogP contribution in [0.4, 0.5) is 18.9 Å². The molecule has 0 N–H and O–H groups in total. The van der Waals surface area contributed by atoms with E-state index in [0.29, 0.717) is 5.56 Å². The van der Waals surface area contributed by atoms with Gasteiger partial charge >= 0.3 is 12.3 Å². The van der Waals surface area contributed by atoms with Gasteiger partial charge in [0, 0.05) is 11.6 Å². The minimum absolute atomic E-state index is 0.0466. The standard InChI is InChI=1S/C22H14F3NO5/c23-16-5-9-17(10-6-16)30-21-12-2-14(13-19(21)26(28)29)1-11-20(27)15-3-7-18(8-4-15)31-22(24)25/h1-13,22H. The third-order valence-electron chi connectivity index (χ3n) is 4.01. The van der Waals surface area contributed by atoms with Crippen molar-refractivity contribution >= 4 is 17.5 Å². The maximum absolute atomic E-state index is 13.0. The van der Waals surface area contributed by atoms with Crippen LogP contribution in [0.25, 0.3) is 6.08 Å². The largest absolute Gasteiger partial charge is 0.450 e. The van der Waals surface area contributed by atoms with Gasteiger partial charge in [-0.3, -0.25) is 14.9 Å². The van der Waals surface area contributed by atoms with Gasteiger partial charge in [0.05, 0.1) is 4.92 Å². The smallest absolute Gasteiger partial charge is 0.387 e. The highest BCUT2D eigenvalue weighted by Gasteiger charge is 2.16. The van der Waals surface area contributed by atoms with Crippen LogP contribution in [0.2, 0.25) is 0 Å².